The Labute approximate surface area is 146 Å². The van der Waals surface area contributed by atoms with Crippen molar-refractivity contribution in [2.75, 3.05) is 0 Å². The first-order chi connectivity index (χ1) is 12.3. The summed E-state index contributed by atoms with van der Waals surface area (Å²) in [4.78, 5) is 17.5. The molecule has 0 unspecified atom stereocenters. The average molecular weight is 329 g/mol. The molecule has 4 nitrogen and oxygen atoms in total. The summed E-state index contributed by atoms with van der Waals surface area (Å²) in [5.41, 5.74) is 7.00. The van der Waals surface area contributed by atoms with E-state index in [1.54, 1.807) is 0 Å². The van der Waals surface area contributed by atoms with Gasteiger partial charge in [-0.05, 0) is 37.8 Å². The fourth-order valence-electron chi connectivity index (χ4n) is 3.21. The quantitative estimate of drug-likeness (QED) is 0.716. The third kappa shape index (κ3) is 3.29. The van der Waals surface area contributed by atoms with Gasteiger partial charge in [0.1, 0.15) is 0 Å². The molecule has 1 N–H and O–H groups in total. The minimum absolute atomic E-state index is 0.185. The zero-order valence-corrected chi connectivity index (χ0v) is 13.9. The SMILES string of the molecule is O=C(NN=C1CCCC1)c1cc(-c2ccccc2)nc2ccccc12. The lowest BCUT2D eigenvalue weighted by Crippen LogP contribution is -2.19. The van der Waals surface area contributed by atoms with Crippen LogP contribution in [0.5, 0.6) is 0 Å². The standard InChI is InChI=1S/C21H19N3O/c25-21(24-23-16-10-4-5-11-16)18-14-20(15-8-2-1-3-9-15)22-19-13-7-6-12-17(18)19/h1-3,6-9,12-14H,4-5,10-11H2,(H,24,25). The van der Waals surface area contributed by atoms with Crippen molar-refractivity contribution in [3.05, 3.63) is 66.2 Å². The molecule has 1 aromatic heterocycles. The Hall–Kier alpha value is -3.01. The number of fused-ring (bicyclic) bond motifs is 1. The molecule has 1 fully saturated rings. The molecule has 0 saturated heterocycles. The monoisotopic (exact) mass is 329 g/mol. The van der Waals surface area contributed by atoms with E-state index < -0.39 is 0 Å². The molecule has 1 amide bonds. The first kappa shape index (κ1) is 15.5. The molecule has 4 rings (SSSR count). The van der Waals surface area contributed by atoms with Crippen LogP contribution in [0.3, 0.4) is 0 Å². The van der Waals surface area contributed by atoms with E-state index in [0.29, 0.717) is 5.56 Å². The molecule has 2 aromatic carbocycles. The van der Waals surface area contributed by atoms with E-state index >= 15 is 0 Å². The van der Waals surface area contributed by atoms with Gasteiger partial charge in [-0.1, -0.05) is 48.5 Å². The zero-order valence-electron chi connectivity index (χ0n) is 13.9. The van der Waals surface area contributed by atoms with E-state index in [1.807, 2.05) is 60.7 Å². The smallest absolute Gasteiger partial charge is 0.267 e. The number of pyridine rings is 1. The highest BCUT2D eigenvalue weighted by atomic mass is 16.2. The molecule has 1 heterocycles. The van der Waals surface area contributed by atoms with Crippen molar-refractivity contribution in [2.24, 2.45) is 5.10 Å². The Balaban J connectivity index is 1.76. The number of para-hydroxylation sites is 1. The molecular formula is C21H19N3O. The molecule has 1 aliphatic rings. The summed E-state index contributed by atoms with van der Waals surface area (Å²) >= 11 is 0. The van der Waals surface area contributed by atoms with Crippen LogP contribution in [0.25, 0.3) is 22.2 Å². The van der Waals surface area contributed by atoms with Gasteiger partial charge < -0.3 is 0 Å². The number of carbonyl (C=O) groups is 1. The topological polar surface area (TPSA) is 54.4 Å². The summed E-state index contributed by atoms with van der Waals surface area (Å²) in [5, 5.41) is 5.14. The van der Waals surface area contributed by atoms with Crippen LogP contribution in [0.1, 0.15) is 36.0 Å². The van der Waals surface area contributed by atoms with Gasteiger partial charge in [0.25, 0.3) is 5.91 Å². The molecule has 124 valence electrons. The van der Waals surface area contributed by atoms with Crippen LogP contribution < -0.4 is 5.43 Å². The van der Waals surface area contributed by atoms with Crippen molar-refractivity contribution < 1.29 is 4.79 Å². The van der Waals surface area contributed by atoms with E-state index in [-0.39, 0.29) is 5.91 Å². The van der Waals surface area contributed by atoms with E-state index in [0.717, 1.165) is 53.6 Å². The Morgan fingerprint density at radius 1 is 0.960 bits per heavy atom. The van der Waals surface area contributed by atoms with Gasteiger partial charge >= 0.3 is 0 Å². The Morgan fingerprint density at radius 3 is 2.48 bits per heavy atom. The molecule has 0 aliphatic heterocycles. The molecule has 1 saturated carbocycles. The first-order valence-electron chi connectivity index (χ1n) is 8.62. The van der Waals surface area contributed by atoms with Crippen molar-refractivity contribution in [1.82, 2.24) is 10.4 Å². The minimum Gasteiger partial charge on any atom is -0.267 e. The van der Waals surface area contributed by atoms with E-state index in [2.05, 4.69) is 10.5 Å². The van der Waals surface area contributed by atoms with Gasteiger partial charge in [0.15, 0.2) is 0 Å². The van der Waals surface area contributed by atoms with Crippen LogP contribution in [0.2, 0.25) is 0 Å². The van der Waals surface area contributed by atoms with Crippen LogP contribution in [-0.4, -0.2) is 16.6 Å². The van der Waals surface area contributed by atoms with E-state index in [1.165, 1.54) is 0 Å². The van der Waals surface area contributed by atoms with Gasteiger partial charge in [0, 0.05) is 16.7 Å². The predicted octanol–water partition coefficient (Wildman–Crippen LogP) is 4.56. The fourth-order valence-corrected chi connectivity index (χ4v) is 3.21. The number of nitrogens with one attached hydrogen (secondary N) is 1. The maximum Gasteiger partial charge on any atom is 0.272 e. The van der Waals surface area contributed by atoms with Gasteiger partial charge in [-0.3, -0.25) is 4.79 Å². The summed E-state index contributed by atoms with van der Waals surface area (Å²) < 4.78 is 0. The number of amides is 1. The number of hydrazone groups is 1. The summed E-state index contributed by atoms with van der Waals surface area (Å²) in [6, 6.07) is 19.5. The molecule has 0 bridgehead atoms. The molecule has 0 spiro atoms. The van der Waals surface area contributed by atoms with Crippen molar-refractivity contribution in [3.63, 3.8) is 0 Å². The van der Waals surface area contributed by atoms with Gasteiger partial charge in [-0.2, -0.15) is 5.10 Å². The van der Waals surface area contributed by atoms with E-state index in [4.69, 9.17) is 4.98 Å². The number of nitrogens with zero attached hydrogens (tertiary/aromatic N) is 2. The van der Waals surface area contributed by atoms with Crippen LogP contribution >= 0.6 is 0 Å². The van der Waals surface area contributed by atoms with E-state index in [9.17, 15) is 4.79 Å². The lowest BCUT2D eigenvalue weighted by Gasteiger charge is -2.09. The third-order valence-corrected chi connectivity index (χ3v) is 4.53. The van der Waals surface area contributed by atoms with Gasteiger partial charge in [-0.25, -0.2) is 10.4 Å². The minimum atomic E-state index is -0.185. The molecular weight excluding hydrogens is 310 g/mol. The van der Waals surface area contributed by atoms with Crippen LogP contribution in [0, 0.1) is 0 Å². The number of benzene rings is 2. The highest BCUT2D eigenvalue weighted by Gasteiger charge is 2.14. The number of carbonyl (C=O) groups excluding carboxylic acids is 1. The van der Waals surface area contributed by atoms with Crippen molar-refractivity contribution in [3.8, 4) is 11.3 Å². The Bertz CT molecular complexity index is 940. The maximum absolute atomic E-state index is 12.8. The van der Waals surface area contributed by atoms with Crippen molar-refractivity contribution >= 4 is 22.5 Å². The Kier molecular flexibility index (Phi) is 4.25. The third-order valence-electron chi connectivity index (χ3n) is 4.53. The molecule has 0 atom stereocenters. The van der Waals surface area contributed by atoms with Crippen LogP contribution in [-0.2, 0) is 0 Å². The molecule has 25 heavy (non-hydrogen) atoms. The summed E-state index contributed by atoms with van der Waals surface area (Å²) in [7, 11) is 0. The first-order valence-corrected chi connectivity index (χ1v) is 8.62. The average Bonchev–Trinajstić information content (AvgIpc) is 3.19. The number of hydrogen-bond donors (Lipinski definition) is 1. The number of hydrogen-bond acceptors (Lipinski definition) is 3. The van der Waals surface area contributed by atoms with Gasteiger partial charge in [0.2, 0.25) is 0 Å². The summed E-state index contributed by atoms with van der Waals surface area (Å²) in [5.74, 6) is -0.185. The second-order valence-electron chi connectivity index (χ2n) is 6.26. The second kappa shape index (κ2) is 6.85. The normalized spacial score (nSPS) is 13.8. The highest BCUT2D eigenvalue weighted by molar-refractivity contribution is 6.07. The van der Waals surface area contributed by atoms with Crippen LogP contribution in [0.4, 0.5) is 0 Å². The number of aromatic nitrogens is 1. The highest BCUT2D eigenvalue weighted by Crippen LogP contribution is 2.25. The van der Waals surface area contributed by atoms with Crippen molar-refractivity contribution in [2.45, 2.75) is 25.7 Å². The fraction of sp³-hybridized carbons (Fsp3) is 0.190. The molecule has 4 heteroatoms. The summed E-state index contributed by atoms with van der Waals surface area (Å²) in [6.07, 6.45) is 4.27. The number of rotatable bonds is 3. The summed E-state index contributed by atoms with van der Waals surface area (Å²) in [6.45, 7) is 0. The molecule has 1 aliphatic carbocycles. The lowest BCUT2D eigenvalue weighted by atomic mass is 10.0. The lowest BCUT2D eigenvalue weighted by molar-refractivity contribution is 0.0956. The largest absolute Gasteiger partial charge is 0.272 e. The van der Waals surface area contributed by atoms with Gasteiger partial charge in [-0.15, -0.1) is 0 Å². The second-order valence-corrected chi connectivity index (χ2v) is 6.26. The Morgan fingerprint density at radius 2 is 1.68 bits per heavy atom. The van der Waals surface area contributed by atoms with Gasteiger partial charge in [0.05, 0.1) is 16.8 Å². The maximum atomic E-state index is 12.8. The van der Waals surface area contributed by atoms with Crippen LogP contribution in [0.15, 0.2) is 65.8 Å². The van der Waals surface area contributed by atoms with Crippen molar-refractivity contribution in [1.29, 1.82) is 0 Å². The predicted molar refractivity (Wildman–Crippen MR) is 101 cm³/mol. The molecule has 3 aromatic rings. The molecule has 0 radical (unpaired) electrons. The zero-order chi connectivity index (χ0) is 17.1.